The molecule has 1 aliphatic rings. The maximum absolute atomic E-state index is 12.7. The Balaban J connectivity index is 1.91. The molecule has 0 saturated carbocycles. The number of carbonyl (C=O) groups excluding carboxylic acids is 2. The molecule has 1 heterocycles. The zero-order valence-electron chi connectivity index (χ0n) is 18.9. The van der Waals surface area contributed by atoms with Gasteiger partial charge in [-0.1, -0.05) is 0 Å². The smallest absolute Gasteiger partial charge is 0.338 e. The molecular weight excluding hydrogens is 398 g/mol. The zero-order valence-corrected chi connectivity index (χ0v) is 18.9. The largest absolute Gasteiger partial charge is 0.487 e. The van der Waals surface area contributed by atoms with Crippen LogP contribution < -0.4 is 9.47 Å². The summed E-state index contributed by atoms with van der Waals surface area (Å²) in [7, 11) is 5.02. The second-order valence-corrected chi connectivity index (χ2v) is 8.68. The van der Waals surface area contributed by atoms with E-state index in [1.54, 1.807) is 57.6 Å². The summed E-state index contributed by atoms with van der Waals surface area (Å²) in [6, 6.07) is 10.2. The van der Waals surface area contributed by atoms with E-state index in [2.05, 4.69) is 0 Å². The molecule has 7 heteroatoms. The minimum atomic E-state index is -0.620. The molecule has 1 amide bonds. The molecule has 2 aromatic carbocycles. The first-order valence-corrected chi connectivity index (χ1v) is 10.1. The average Bonchev–Trinajstić information content (AvgIpc) is 3.09. The van der Waals surface area contributed by atoms with Crippen molar-refractivity contribution < 1.29 is 28.5 Å². The first kappa shape index (κ1) is 22.6. The fraction of sp³-hybridized carbons (Fsp3) is 0.417. The van der Waals surface area contributed by atoms with Crippen LogP contribution in [0.1, 0.15) is 47.1 Å². The van der Waals surface area contributed by atoms with Crippen molar-refractivity contribution in [1.82, 2.24) is 4.90 Å². The van der Waals surface area contributed by atoms with Gasteiger partial charge in [0, 0.05) is 38.8 Å². The van der Waals surface area contributed by atoms with E-state index in [0.29, 0.717) is 41.4 Å². The quantitative estimate of drug-likeness (QED) is 0.647. The third kappa shape index (κ3) is 5.55. The minimum absolute atomic E-state index is 0.0878. The van der Waals surface area contributed by atoms with Crippen molar-refractivity contribution in [1.29, 1.82) is 0 Å². The van der Waals surface area contributed by atoms with Gasteiger partial charge in [0.2, 0.25) is 0 Å². The van der Waals surface area contributed by atoms with Crippen molar-refractivity contribution in [3.8, 4) is 17.2 Å². The third-order valence-corrected chi connectivity index (χ3v) is 4.62. The van der Waals surface area contributed by atoms with E-state index in [9.17, 15) is 9.59 Å². The molecule has 0 N–H and O–H groups in total. The summed E-state index contributed by atoms with van der Waals surface area (Å²) >= 11 is 0. The van der Waals surface area contributed by atoms with E-state index in [-0.39, 0.29) is 12.0 Å². The molecule has 0 aromatic heterocycles. The number of amides is 1. The number of carbonyl (C=O) groups is 2. The molecule has 0 radical (unpaired) electrons. The van der Waals surface area contributed by atoms with E-state index in [4.69, 9.17) is 18.9 Å². The molecule has 0 aliphatic carbocycles. The van der Waals surface area contributed by atoms with Gasteiger partial charge in [-0.3, -0.25) is 4.79 Å². The highest BCUT2D eigenvalue weighted by Crippen LogP contribution is 2.40. The first-order chi connectivity index (χ1) is 14.6. The highest BCUT2D eigenvalue weighted by atomic mass is 16.6. The molecule has 0 fully saturated rings. The first-order valence-electron chi connectivity index (χ1n) is 10.1. The van der Waals surface area contributed by atoms with E-state index in [1.165, 1.54) is 4.90 Å². The van der Waals surface area contributed by atoms with E-state index in [0.717, 1.165) is 5.56 Å². The standard InChI is InChI=1S/C24H29NO6/c1-24(2,3)31-23(27)16-11-20(19-13-18(14-28-6)30-21(19)12-16)29-17-9-7-15(8-10-17)22(26)25(4)5/h7-12,18H,13-14H2,1-6H3. The van der Waals surface area contributed by atoms with E-state index in [1.807, 2.05) is 20.8 Å². The highest BCUT2D eigenvalue weighted by molar-refractivity contribution is 5.94. The molecular formula is C24H29NO6. The predicted molar refractivity (Wildman–Crippen MR) is 116 cm³/mol. The summed E-state index contributed by atoms with van der Waals surface area (Å²) < 4.78 is 22.8. The molecule has 0 saturated heterocycles. The molecule has 31 heavy (non-hydrogen) atoms. The Bertz CT molecular complexity index is 959. The number of esters is 1. The molecule has 2 aromatic rings. The number of ether oxygens (including phenoxy) is 4. The number of hydrogen-bond donors (Lipinski definition) is 0. The molecule has 1 unspecified atom stereocenters. The number of hydrogen-bond acceptors (Lipinski definition) is 6. The number of fused-ring (bicyclic) bond motifs is 1. The van der Waals surface area contributed by atoms with Gasteiger partial charge < -0.3 is 23.8 Å². The lowest BCUT2D eigenvalue weighted by Crippen LogP contribution is -2.24. The third-order valence-electron chi connectivity index (χ3n) is 4.62. The van der Waals surface area contributed by atoms with Crippen molar-refractivity contribution in [2.45, 2.75) is 38.9 Å². The minimum Gasteiger partial charge on any atom is -0.487 e. The van der Waals surface area contributed by atoms with Gasteiger partial charge in [0.25, 0.3) is 5.91 Å². The van der Waals surface area contributed by atoms with Crippen LogP contribution in [0.25, 0.3) is 0 Å². The Morgan fingerprint density at radius 3 is 2.35 bits per heavy atom. The number of benzene rings is 2. The van der Waals surface area contributed by atoms with Crippen molar-refractivity contribution in [3.05, 3.63) is 53.1 Å². The lowest BCUT2D eigenvalue weighted by molar-refractivity contribution is 0.00685. The summed E-state index contributed by atoms with van der Waals surface area (Å²) in [6.45, 7) is 5.88. The number of nitrogens with zero attached hydrogens (tertiary/aromatic N) is 1. The van der Waals surface area contributed by atoms with Gasteiger partial charge in [-0.05, 0) is 57.2 Å². The Labute approximate surface area is 182 Å². The summed E-state index contributed by atoms with van der Waals surface area (Å²) in [6.07, 6.45) is 0.445. The summed E-state index contributed by atoms with van der Waals surface area (Å²) in [5, 5.41) is 0. The van der Waals surface area contributed by atoms with Crippen LogP contribution in [0.3, 0.4) is 0 Å². The Morgan fingerprint density at radius 1 is 1.10 bits per heavy atom. The van der Waals surface area contributed by atoms with Crippen molar-refractivity contribution >= 4 is 11.9 Å². The fourth-order valence-corrected chi connectivity index (χ4v) is 3.25. The van der Waals surface area contributed by atoms with Crippen LogP contribution in [0.2, 0.25) is 0 Å². The van der Waals surface area contributed by atoms with E-state index >= 15 is 0 Å². The highest BCUT2D eigenvalue weighted by Gasteiger charge is 2.29. The van der Waals surface area contributed by atoms with Crippen LogP contribution >= 0.6 is 0 Å². The lowest BCUT2D eigenvalue weighted by atomic mass is 10.1. The van der Waals surface area contributed by atoms with Crippen molar-refractivity contribution in [2.24, 2.45) is 0 Å². The predicted octanol–water partition coefficient (Wildman–Crippen LogP) is 4.09. The maximum Gasteiger partial charge on any atom is 0.338 e. The SMILES string of the molecule is COCC1Cc2c(Oc3ccc(C(=O)N(C)C)cc3)cc(C(=O)OC(C)(C)C)cc2O1. The van der Waals surface area contributed by atoms with Crippen LogP contribution in [-0.4, -0.2) is 56.3 Å². The van der Waals surface area contributed by atoms with Gasteiger partial charge in [0.1, 0.15) is 29.0 Å². The monoisotopic (exact) mass is 427 g/mol. The molecule has 166 valence electrons. The van der Waals surface area contributed by atoms with Crippen LogP contribution in [-0.2, 0) is 15.9 Å². The molecule has 7 nitrogen and oxygen atoms in total. The molecule has 1 atom stereocenters. The summed E-state index contributed by atoms with van der Waals surface area (Å²) in [4.78, 5) is 26.3. The van der Waals surface area contributed by atoms with Crippen LogP contribution in [0.5, 0.6) is 17.2 Å². The molecule has 1 aliphatic heterocycles. The second kappa shape index (κ2) is 8.98. The average molecular weight is 427 g/mol. The normalized spacial score (nSPS) is 15.1. The van der Waals surface area contributed by atoms with Gasteiger partial charge in [-0.25, -0.2) is 4.79 Å². The second-order valence-electron chi connectivity index (χ2n) is 8.68. The van der Waals surface area contributed by atoms with Gasteiger partial charge in [0.15, 0.2) is 0 Å². The molecule has 3 rings (SSSR count). The Kier molecular flexibility index (Phi) is 6.55. The topological polar surface area (TPSA) is 74.3 Å². The zero-order chi connectivity index (χ0) is 22.8. The summed E-state index contributed by atoms with van der Waals surface area (Å²) in [5.74, 6) is 1.11. The summed E-state index contributed by atoms with van der Waals surface area (Å²) in [5.41, 5.74) is 1.16. The van der Waals surface area contributed by atoms with Crippen LogP contribution in [0.15, 0.2) is 36.4 Å². The van der Waals surface area contributed by atoms with Crippen LogP contribution in [0, 0.1) is 0 Å². The van der Waals surface area contributed by atoms with Gasteiger partial charge in [0.05, 0.1) is 12.2 Å². The maximum atomic E-state index is 12.7. The van der Waals surface area contributed by atoms with Crippen LogP contribution in [0.4, 0.5) is 0 Å². The Hall–Kier alpha value is -3.06. The lowest BCUT2D eigenvalue weighted by Gasteiger charge is -2.20. The molecule has 0 spiro atoms. The van der Waals surface area contributed by atoms with Crippen molar-refractivity contribution in [3.63, 3.8) is 0 Å². The van der Waals surface area contributed by atoms with Gasteiger partial charge in [-0.2, -0.15) is 0 Å². The Morgan fingerprint density at radius 2 is 1.77 bits per heavy atom. The molecule has 0 bridgehead atoms. The van der Waals surface area contributed by atoms with E-state index < -0.39 is 11.6 Å². The van der Waals surface area contributed by atoms with Gasteiger partial charge >= 0.3 is 5.97 Å². The number of rotatable bonds is 6. The van der Waals surface area contributed by atoms with Crippen molar-refractivity contribution in [2.75, 3.05) is 27.8 Å². The van der Waals surface area contributed by atoms with Gasteiger partial charge in [-0.15, -0.1) is 0 Å². The fourth-order valence-electron chi connectivity index (χ4n) is 3.25. The number of methoxy groups -OCH3 is 1.